The second kappa shape index (κ2) is 5.60. The van der Waals surface area contributed by atoms with E-state index in [0.29, 0.717) is 4.68 Å². The molecule has 0 aromatic carbocycles. The van der Waals surface area contributed by atoms with Crippen molar-refractivity contribution in [1.29, 1.82) is 0 Å². The van der Waals surface area contributed by atoms with Gasteiger partial charge in [0.15, 0.2) is 5.69 Å². The SMILES string of the molecule is CC(C)(C)Cc1nnn(C(=O)n2ccnn2)c1C(F)(F)C(F)(F)F. The summed E-state index contributed by atoms with van der Waals surface area (Å²) in [5, 5.41) is 13.1. The van der Waals surface area contributed by atoms with Crippen LogP contribution in [0.5, 0.6) is 0 Å². The number of hydrogen-bond donors (Lipinski definition) is 0. The van der Waals surface area contributed by atoms with Gasteiger partial charge in [-0.25, -0.2) is 4.79 Å². The second-order valence-electron chi connectivity index (χ2n) is 6.24. The van der Waals surface area contributed by atoms with Gasteiger partial charge in [-0.3, -0.25) is 0 Å². The lowest BCUT2D eigenvalue weighted by Gasteiger charge is -2.23. The molecule has 0 bridgehead atoms. The molecule has 0 fully saturated rings. The molecule has 2 aromatic heterocycles. The Morgan fingerprint density at radius 1 is 1.12 bits per heavy atom. The molecule has 0 N–H and O–H groups in total. The van der Waals surface area contributed by atoms with Gasteiger partial charge in [-0.1, -0.05) is 31.2 Å². The maximum atomic E-state index is 14.0. The Labute approximate surface area is 132 Å². The van der Waals surface area contributed by atoms with Crippen LogP contribution in [0.4, 0.5) is 26.7 Å². The van der Waals surface area contributed by atoms with Crippen molar-refractivity contribution in [2.75, 3.05) is 0 Å². The van der Waals surface area contributed by atoms with Crippen molar-refractivity contribution in [3.05, 3.63) is 23.8 Å². The van der Waals surface area contributed by atoms with E-state index in [9.17, 15) is 26.7 Å². The number of hydrogen-bond acceptors (Lipinski definition) is 5. The zero-order valence-corrected chi connectivity index (χ0v) is 12.8. The summed E-state index contributed by atoms with van der Waals surface area (Å²) >= 11 is 0. The van der Waals surface area contributed by atoms with E-state index in [2.05, 4.69) is 20.6 Å². The number of aromatic nitrogens is 6. The molecule has 7 nitrogen and oxygen atoms in total. The molecule has 2 heterocycles. The molecule has 0 saturated heterocycles. The summed E-state index contributed by atoms with van der Waals surface area (Å²) in [6, 6.07) is -1.35. The van der Waals surface area contributed by atoms with Crippen LogP contribution in [0.2, 0.25) is 0 Å². The smallest absolute Gasteiger partial charge is 0.243 e. The van der Waals surface area contributed by atoms with Crippen LogP contribution in [-0.2, 0) is 12.3 Å². The van der Waals surface area contributed by atoms with Gasteiger partial charge in [0, 0.05) is 0 Å². The molecule has 0 atom stereocenters. The van der Waals surface area contributed by atoms with E-state index in [1.165, 1.54) is 0 Å². The minimum absolute atomic E-state index is 0.0940. The molecule has 24 heavy (non-hydrogen) atoms. The van der Waals surface area contributed by atoms with Crippen molar-refractivity contribution >= 4 is 6.03 Å². The molecule has 0 amide bonds. The molecule has 0 unspecified atom stereocenters. The average molecular weight is 352 g/mol. The number of rotatable bonds is 2. The van der Waals surface area contributed by atoms with Crippen molar-refractivity contribution in [3.8, 4) is 0 Å². The highest BCUT2D eigenvalue weighted by Gasteiger charge is 2.62. The fraction of sp³-hybridized carbons (Fsp3) is 0.583. The molecule has 0 radical (unpaired) electrons. The lowest BCUT2D eigenvalue weighted by atomic mass is 9.89. The number of carbonyl (C=O) groups is 1. The highest BCUT2D eigenvalue weighted by atomic mass is 19.4. The summed E-state index contributed by atoms with van der Waals surface area (Å²) in [6.07, 6.45) is -4.10. The molecule has 12 heteroatoms. The van der Waals surface area contributed by atoms with Gasteiger partial charge in [-0.05, 0) is 11.8 Å². The van der Waals surface area contributed by atoms with Crippen LogP contribution in [0.15, 0.2) is 12.4 Å². The Balaban J connectivity index is 2.63. The van der Waals surface area contributed by atoms with Crippen molar-refractivity contribution < 1.29 is 26.7 Å². The van der Waals surface area contributed by atoms with Crippen LogP contribution in [0.3, 0.4) is 0 Å². The minimum Gasteiger partial charge on any atom is -0.243 e. The number of carbonyl (C=O) groups excluding carboxylic acids is 1. The molecular formula is C12H13F5N6O. The lowest BCUT2D eigenvalue weighted by Crippen LogP contribution is -2.39. The quantitative estimate of drug-likeness (QED) is 0.777. The Morgan fingerprint density at radius 3 is 2.21 bits per heavy atom. The first kappa shape index (κ1) is 17.9. The van der Waals surface area contributed by atoms with E-state index in [0.717, 1.165) is 12.4 Å². The fourth-order valence-corrected chi connectivity index (χ4v) is 1.92. The van der Waals surface area contributed by atoms with Gasteiger partial charge in [0.05, 0.1) is 18.1 Å². The molecular weight excluding hydrogens is 339 g/mol. The summed E-state index contributed by atoms with van der Waals surface area (Å²) < 4.78 is 66.8. The van der Waals surface area contributed by atoms with Crippen LogP contribution < -0.4 is 0 Å². The summed E-state index contributed by atoms with van der Waals surface area (Å²) in [6.45, 7) is 4.88. The first-order valence-corrected chi connectivity index (χ1v) is 6.65. The molecule has 0 aliphatic heterocycles. The number of alkyl halides is 5. The summed E-state index contributed by atoms with van der Waals surface area (Å²) in [5.74, 6) is -5.31. The predicted octanol–water partition coefficient (Wildman–Crippen LogP) is 2.63. The van der Waals surface area contributed by atoms with Gasteiger partial charge in [0.2, 0.25) is 0 Å². The highest BCUT2D eigenvalue weighted by Crippen LogP contribution is 2.45. The fourth-order valence-electron chi connectivity index (χ4n) is 1.92. The van der Waals surface area contributed by atoms with Gasteiger partial charge < -0.3 is 0 Å². The largest absolute Gasteiger partial charge is 0.459 e. The van der Waals surface area contributed by atoms with Crippen molar-refractivity contribution in [2.45, 2.75) is 39.3 Å². The topological polar surface area (TPSA) is 78.5 Å². The van der Waals surface area contributed by atoms with Crippen LogP contribution in [0, 0.1) is 5.41 Å². The van der Waals surface area contributed by atoms with Gasteiger partial charge >= 0.3 is 18.1 Å². The maximum absolute atomic E-state index is 14.0. The first-order chi connectivity index (χ1) is 10.8. The van der Waals surface area contributed by atoms with E-state index >= 15 is 0 Å². The third-order valence-corrected chi connectivity index (χ3v) is 2.89. The van der Waals surface area contributed by atoms with Crippen LogP contribution in [0.25, 0.3) is 0 Å². The van der Waals surface area contributed by atoms with Crippen LogP contribution in [0.1, 0.15) is 32.2 Å². The third-order valence-electron chi connectivity index (χ3n) is 2.89. The van der Waals surface area contributed by atoms with Gasteiger partial charge in [-0.2, -0.15) is 31.3 Å². The standard InChI is InChI=1S/C12H13F5N6O/c1-10(2,3)6-7-8(11(13,14)12(15,16)17)23(21-19-7)9(24)22-5-4-18-20-22/h4-5H,6H2,1-3H3. The van der Waals surface area contributed by atoms with Gasteiger partial charge in [0.25, 0.3) is 0 Å². The molecule has 132 valence electrons. The number of nitrogens with zero attached hydrogens (tertiary/aromatic N) is 6. The normalized spacial score (nSPS) is 13.3. The summed E-state index contributed by atoms with van der Waals surface area (Å²) in [7, 11) is 0. The van der Waals surface area contributed by atoms with Crippen molar-refractivity contribution in [2.24, 2.45) is 5.41 Å². The van der Waals surface area contributed by atoms with E-state index in [4.69, 9.17) is 0 Å². The average Bonchev–Trinajstić information content (AvgIpc) is 3.03. The van der Waals surface area contributed by atoms with Crippen LogP contribution in [-0.4, -0.2) is 42.2 Å². The second-order valence-corrected chi connectivity index (χ2v) is 6.24. The molecule has 2 aromatic rings. The zero-order valence-electron chi connectivity index (χ0n) is 12.8. The minimum atomic E-state index is -5.91. The van der Waals surface area contributed by atoms with Gasteiger partial charge in [0.1, 0.15) is 0 Å². The van der Waals surface area contributed by atoms with Crippen molar-refractivity contribution in [3.63, 3.8) is 0 Å². The highest BCUT2D eigenvalue weighted by molar-refractivity contribution is 5.78. The summed E-state index contributed by atoms with van der Waals surface area (Å²) in [4.78, 5) is 12.1. The van der Waals surface area contributed by atoms with Crippen molar-refractivity contribution in [1.82, 2.24) is 30.0 Å². The molecule has 0 aliphatic carbocycles. The molecule has 0 spiro atoms. The van der Waals surface area contributed by atoms with E-state index in [-0.39, 0.29) is 11.1 Å². The van der Waals surface area contributed by atoms with E-state index in [1.807, 2.05) is 0 Å². The Hall–Kier alpha value is -2.40. The monoisotopic (exact) mass is 352 g/mol. The summed E-state index contributed by atoms with van der Waals surface area (Å²) in [5.41, 5.74) is -2.89. The van der Waals surface area contributed by atoms with E-state index in [1.54, 1.807) is 20.8 Å². The number of halogens is 5. The third kappa shape index (κ3) is 3.26. The van der Waals surface area contributed by atoms with E-state index < -0.39 is 34.9 Å². The Morgan fingerprint density at radius 2 is 1.75 bits per heavy atom. The zero-order chi connectivity index (χ0) is 18.3. The first-order valence-electron chi connectivity index (χ1n) is 6.65. The Bertz CT molecular complexity index is 728. The lowest BCUT2D eigenvalue weighted by molar-refractivity contribution is -0.291. The predicted molar refractivity (Wildman–Crippen MR) is 69.3 cm³/mol. The Kier molecular flexibility index (Phi) is 4.19. The molecule has 0 saturated carbocycles. The maximum Gasteiger partial charge on any atom is 0.459 e. The van der Waals surface area contributed by atoms with Crippen LogP contribution >= 0.6 is 0 Å². The molecule has 0 aliphatic rings. The molecule has 2 rings (SSSR count). The van der Waals surface area contributed by atoms with Gasteiger partial charge in [-0.15, -0.1) is 10.2 Å².